The van der Waals surface area contributed by atoms with E-state index in [4.69, 9.17) is 20.6 Å². The molecule has 1 atom stereocenters. The minimum absolute atomic E-state index is 0.0514. The predicted molar refractivity (Wildman–Crippen MR) is 97.1 cm³/mol. The Morgan fingerprint density at radius 2 is 1.73 bits per heavy atom. The average Bonchev–Trinajstić information content (AvgIpc) is 2.65. The van der Waals surface area contributed by atoms with Crippen molar-refractivity contribution in [3.8, 4) is 11.5 Å². The van der Waals surface area contributed by atoms with Crippen LogP contribution in [0.1, 0.15) is 5.56 Å². The molecule has 5 N–H and O–H groups in total. The molecule has 0 heterocycles. The van der Waals surface area contributed by atoms with Crippen LogP contribution in [0.4, 0.5) is 0 Å². The lowest BCUT2D eigenvalue weighted by Gasteiger charge is -2.14. The van der Waals surface area contributed by atoms with Gasteiger partial charge in [0, 0.05) is 12.1 Å². The number of hydrogen-bond acceptors (Lipinski definition) is 6. The normalized spacial score (nSPS) is 12.4. The molecule has 0 spiro atoms. The van der Waals surface area contributed by atoms with Crippen molar-refractivity contribution in [2.45, 2.75) is 11.0 Å². The van der Waals surface area contributed by atoms with E-state index < -0.39 is 16.1 Å². The minimum Gasteiger partial charge on any atom is -0.497 e. The van der Waals surface area contributed by atoms with Crippen LogP contribution in [-0.4, -0.2) is 45.7 Å². The van der Waals surface area contributed by atoms with Gasteiger partial charge in [-0.15, -0.1) is 0 Å². The number of nitrogens with two attached hydrogens (primary N) is 1. The Morgan fingerprint density at radius 3 is 2.27 bits per heavy atom. The fourth-order valence-electron chi connectivity index (χ4n) is 2.03. The third-order valence-electron chi connectivity index (χ3n) is 3.49. The van der Waals surface area contributed by atoms with Crippen molar-refractivity contribution in [3.05, 3.63) is 54.1 Å². The van der Waals surface area contributed by atoms with E-state index in [0.29, 0.717) is 17.1 Å². The van der Waals surface area contributed by atoms with Gasteiger partial charge in [0.2, 0.25) is 10.0 Å². The first kappa shape index (κ1) is 19.7. The zero-order valence-electron chi connectivity index (χ0n) is 14.2. The molecule has 0 saturated carbocycles. The number of amidine groups is 1. The molecule has 0 bridgehead atoms. The summed E-state index contributed by atoms with van der Waals surface area (Å²) in [4.78, 5) is 0.0752. The lowest BCUT2D eigenvalue weighted by molar-refractivity contribution is 0.111. The first-order valence-electron chi connectivity index (χ1n) is 7.71. The van der Waals surface area contributed by atoms with Crippen LogP contribution in [0.15, 0.2) is 53.4 Å². The second kappa shape index (κ2) is 8.65. The van der Waals surface area contributed by atoms with Crippen molar-refractivity contribution in [2.24, 2.45) is 5.73 Å². The van der Waals surface area contributed by atoms with Crippen LogP contribution >= 0.6 is 0 Å². The van der Waals surface area contributed by atoms with Crippen molar-refractivity contribution >= 4 is 15.9 Å². The summed E-state index contributed by atoms with van der Waals surface area (Å²) in [6.45, 7) is -0.287. The average molecular weight is 379 g/mol. The third kappa shape index (κ3) is 5.45. The predicted octanol–water partition coefficient (Wildman–Crippen LogP) is 0.697. The Kier molecular flexibility index (Phi) is 6.56. The fraction of sp³-hybridized carbons (Fsp3) is 0.235. The number of nitrogens with one attached hydrogen (secondary N) is 2. The Bertz CT molecular complexity index is 836. The largest absolute Gasteiger partial charge is 0.497 e. The van der Waals surface area contributed by atoms with E-state index in [1.807, 2.05) is 0 Å². The van der Waals surface area contributed by atoms with E-state index in [2.05, 4.69) is 4.72 Å². The molecule has 0 saturated heterocycles. The van der Waals surface area contributed by atoms with Crippen LogP contribution in [0, 0.1) is 5.41 Å². The molecular weight excluding hydrogens is 358 g/mol. The number of aliphatic hydroxyl groups is 1. The number of aliphatic hydroxyl groups excluding tert-OH is 1. The molecule has 0 aliphatic heterocycles. The van der Waals surface area contributed by atoms with Crippen molar-refractivity contribution in [1.82, 2.24) is 4.72 Å². The Morgan fingerprint density at radius 1 is 1.15 bits per heavy atom. The van der Waals surface area contributed by atoms with Gasteiger partial charge < -0.3 is 20.3 Å². The monoisotopic (exact) mass is 379 g/mol. The molecule has 0 amide bonds. The van der Waals surface area contributed by atoms with E-state index in [1.54, 1.807) is 36.4 Å². The molecule has 1 unspecified atom stereocenters. The summed E-state index contributed by atoms with van der Waals surface area (Å²) >= 11 is 0. The molecule has 9 heteroatoms. The highest BCUT2D eigenvalue weighted by molar-refractivity contribution is 7.89. The Labute approximate surface area is 152 Å². The number of benzene rings is 2. The molecule has 2 rings (SSSR count). The highest BCUT2D eigenvalue weighted by Gasteiger charge is 2.16. The number of sulfonamides is 1. The second-order valence-electron chi connectivity index (χ2n) is 5.43. The first-order chi connectivity index (χ1) is 12.3. The molecule has 0 fully saturated rings. The summed E-state index contributed by atoms with van der Waals surface area (Å²) in [5.74, 6) is 0.977. The Balaban J connectivity index is 1.85. The molecule has 26 heavy (non-hydrogen) atoms. The zero-order chi connectivity index (χ0) is 19.2. The van der Waals surface area contributed by atoms with Gasteiger partial charge in [-0.2, -0.15) is 0 Å². The highest BCUT2D eigenvalue weighted by atomic mass is 32.2. The second-order valence-corrected chi connectivity index (χ2v) is 7.20. The highest BCUT2D eigenvalue weighted by Crippen LogP contribution is 2.15. The van der Waals surface area contributed by atoms with Crippen molar-refractivity contribution in [1.29, 1.82) is 5.41 Å². The minimum atomic E-state index is -3.74. The van der Waals surface area contributed by atoms with Crippen LogP contribution in [0.5, 0.6) is 11.5 Å². The van der Waals surface area contributed by atoms with E-state index in [9.17, 15) is 13.5 Å². The third-order valence-corrected chi connectivity index (χ3v) is 4.93. The van der Waals surface area contributed by atoms with Gasteiger partial charge in [0.25, 0.3) is 0 Å². The Hall–Kier alpha value is -2.62. The van der Waals surface area contributed by atoms with Gasteiger partial charge in [-0.25, -0.2) is 13.1 Å². The van der Waals surface area contributed by atoms with Crippen molar-refractivity contribution in [2.75, 3.05) is 20.3 Å². The maximum absolute atomic E-state index is 12.2. The SMILES string of the molecule is COc1ccc(S(=O)(=O)NCC(O)COc2ccc(C(=N)N)cc2)cc1. The molecule has 2 aromatic carbocycles. The number of hydrogen-bond donors (Lipinski definition) is 4. The van der Waals surface area contributed by atoms with Gasteiger partial charge in [-0.05, 0) is 48.5 Å². The van der Waals surface area contributed by atoms with Gasteiger partial charge in [-0.1, -0.05) is 0 Å². The molecule has 0 aliphatic rings. The molecule has 0 radical (unpaired) electrons. The standard InChI is InChI=1S/C17H21N3O5S/c1-24-14-6-8-16(9-7-14)26(22,23)20-10-13(21)11-25-15-4-2-12(3-5-15)17(18)19/h2-9,13,20-21H,10-11H2,1H3,(H3,18,19). The van der Waals surface area contributed by atoms with E-state index >= 15 is 0 Å². The van der Waals surface area contributed by atoms with Crippen molar-refractivity contribution < 1.29 is 23.0 Å². The first-order valence-corrected chi connectivity index (χ1v) is 9.19. The summed E-state index contributed by atoms with van der Waals surface area (Å²) < 4.78 is 37.1. The van der Waals surface area contributed by atoms with Crippen LogP contribution < -0.4 is 19.9 Å². The van der Waals surface area contributed by atoms with Gasteiger partial charge in [-0.3, -0.25) is 5.41 Å². The number of nitrogen functional groups attached to an aromatic ring is 1. The number of methoxy groups -OCH3 is 1. The smallest absolute Gasteiger partial charge is 0.240 e. The molecule has 140 valence electrons. The van der Waals surface area contributed by atoms with Gasteiger partial charge in [0.15, 0.2) is 0 Å². The van der Waals surface area contributed by atoms with Crippen LogP contribution in [-0.2, 0) is 10.0 Å². The zero-order valence-corrected chi connectivity index (χ0v) is 15.0. The topological polar surface area (TPSA) is 135 Å². The van der Waals surface area contributed by atoms with Crippen LogP contribution in [0.25, 0.3) is 0 Å². The lowest BCUT2D eigenvalue weighted by Crippen LogP contribution is -2.35. The molecular formula is C17H21N3O5S. The fourth-order valence-corrected chi connectivity index (χ4v) is 3.10. The summed E-state index contributed by atoms with van der Waals surface area (Å²) in [6, 6.07) is 12.4. The van der Waals surface area contributed by atoms with Crippen LogP contribution in [0.2, 0.25) is 0 Å². The van der Waals surface area contributed by atoms with Gasteiger partial charge >= 0.3 is 0 Å². The molecule has 2 aromatic rings. The van der Waals surface area contributed by atoms with E-state index in [0.717, 1.165) is 0 Å². The van der Waals surface area contributed by atoms with Crippen LogP contribution in [0.3, 0.4) is 0 Å². The lowest BCUT2D eigenvalue weighted by atomic mass is 10.2. The molecule has 8 nitrogen and oxygen atoms in total. The van der Waals surface area contributed by atoms with E-state index in [1.165, 1.54) is 19.2 Å². The van der Waals surface area contributed by atoms with E-state index in [-0.39, 0.29) is 23.9 Å². The van der Waals surface area contributed by atoms with Crippen molar-refractivity contribution in [3.63, 3.8) is 0 Å². The summed E-state index contributed by atoms with van der Waals surface area (Å²) in [6.07, 6.45) is -1.03. The summed E-state index contributed by atoms with van der Waals surface area (Å²) in [5.41, 5.74) is 5.92. The molecule has 0 aliphatic carbocycles. The number of rotatable bonds is 9. The quantitative estimate of drug-likeness (QED) is 0.374. The van der Waals surface area contributed by atoms with Gasteiger partial charge in [0.05, 0.1) is 12.0 Å². The van der Waals surface area contributed by atoms with Gasteiger partial charge in [0.1, 0.15) is 30.0 Å². The molecule has 0 aromatic heterocycles. The number of ether oxygens (including phenoxy) is 2. The maximum Gasteiger partial charge on any atom is 0.240 e. The maximum atomic E-state index is 12.2. The summed E-state index contributed by atoms with van der Waals surface area (Å²) in [5, 5.41) is 17.2. The summed E-state index contributed by atoms with van der Waals surface area (Å²) in [7, 11) is -2.25.